The summed E-state index contributed by atoms with van der Waals surface area (Å²) in [6, 6.07) is 16.6. The van der Waals surface area contributed by atoms with Crippen LogP contribution in [0.2, 0.25) is 0 Å². The van der Waals surface area contributed by atoms with Gasteiger partial charge in [-0.1, -0.05) is 56.3 Å². The minimum atomic E-state index is -3.44. The van der Waals surface area contributed by atoms with Gasteiger partial charge in [-0.2, -0.15) is 4.31 Å². The van der Waals surface area contributed by atoms with Gasteiger partial charge in [-0.3, -0.25) is 4.79 Å². The Kier molecular flexibility index (Phi) is 7.56. The minimum absolute atomic E-state index is 0.0220. The van der Waals surface area contributed by atoms with Gasteiger partial charge in [0.05, 0.1) is 10.9 Å². The van der Waals surface area contributed by atoms with E-state index in [9.17, 15) is 13.2 Å². The number of hydrogen-bond donors (Lipinski definition) is 1. The van der Waals surface area contributed by atoms with Crippen LogP contribution in [0.15, 0.2) is 59.5 Å². The van der Waals surface area contributed by atoms with E-state index < -0.39 is 10.0 Å². The summed E-state index contributed by atoms with van der Waals surface area (Å²) in [5, 5.41) is 2.99. The van der Waals surface area contributed by atoms with Crippen molar-refractivity contribution in [1.29, 1.82) is 0 Å². The molecule has 0 saturated carbocycles. The maximum Gasteiger partial charge on any atom is 0.243 e. The number of nitrogens with one attached hydrogen (secondary N) is 1. The van der Waals surface area contributed by atoms with E-state index in [2.05, 4.69) is 5.32 Å². The lowest BCUT2D eigenvalue weighted by molar-refractivity contribution is -0.121. The quantitative estimate of drug-likeness (QED) is 0.715. The van der Waals surface area contributed by atoms with Crippen molar-refractivity contribution < 1.29 is 13.2 Å². The number of sulfonamides is 1. The molecule has 0 fully saturated rings. The highest BCUT2D eigenvalue weighted by atomic mass is 32.2. The van der Waals surface area contributed by atoms with E-state index in [1.54, 1.807) is 24.3 Å². The molecule has 0 radical (unpaired) electrons. The van der Waals surface area contributed by atoms with E-state index in [1.165, 1.54) is 4.31 Å². The molecule has 2 aromatic rings. The van der Waals surface area contributed by atoms with Gasteiger partial charge >= 0.3 is 0 Å². The standard InChI is InChI=1S/C21H28N2O3S/c1-4-23(5-2)27(25,26)20-14-11-18(12-15-20)13-16-21(24)22-17(3)19-9-7-6-8-10-19/h6-12,14-15,17H,4-5,13,16H2,1-3H3,(H,22,24)/t17-/m0/s1. The van der Waals surface area contributed by atoms with Gasteiger partial charge in [0, 0.05) is 19.5 Å². The third-order valence-electron chi connectivity index (χ3n) is 4.58. The molecular formula is C21H28N2O3S. The van der Waals surface area contributed by atoms with Crippen molar-refractivity contribution in [2.24, 2.45) is 0 Å². The monoisotopic (exact) mass is 388 g/mol. The van der Waals surface area contributed by atoms with E-state index >= 15 is 0 Å². The number of carbonyl (C=O) groups excluding carboxylic acids is 1. The van der Waals surface area contributed by atoms with Crippen molar-refractivity contribution >= 4 is 15.9 Å². The molecular weight excluding hydrogens is 360 g/mol. The molecule has 0 bridgehead atoms. The summed E-state index contributed by atoms with van der Waals surface area (Å²) < 4.78 is 26.4. The van der Waals surface area contributed by atoms with Crippen LogP contribution in [0.4, 0.5) is 0 Å². The molecule has 0 unspecified atom stereocenters. The van der Waals surface area contributed by atoms with Gasteiger partial charge in [-0.05, 0) is 36.6 Å². The van der Waals surface area contributed by atoms with Gasteiger partial charge in [-0.15, -0.1) is 0 Å². The van der Waals surface area contributed by atoms with Crippen LogP contribution in [0.25, 0.3) is 0 Å². The molecule has 5 nitrogen and oxygen atoms in total. The predicted molar refractivity (Wildman–Crippen MR) is 108 cm³/mol. The van der Waals surface area contributed by atoms with E-state index in [4.69, 9.17) is 0 Å². The molecule has 0 aliphatic rings. The van der Waals surface area contributed by atoms with E-state index in [0.717, 1.165) is 11.1 Å². The summed E-state index contributed by atoms with van der Waals surface area (Å²) >= 11 is 0. The van der Waals surface area contributed by atoms with Crippen molar-refractivity contribution in [2.45, 2.75) is 44.6 Å². The van der Waals surface area contributed by atoms with E-state index in [1.807, 2.05) is 51.1 Å². The zero-order chi connectivity index (χ0) is 19.9. The van der Waals surface area contributed by atoms with Gasteiger partial charge in [0.15, 0.2) is 0 Å². The number of hydrogen-bond acceptors (Lipinski definition) is 3. The first-order chi connectivity index (χ1) is 12.9. The van der Waals surface area contributed by atoms with E-state index in [-0.39, 0.29) is 16.8 Å². The molecule has 146 valence electrons. The Bertz CT molecular complexity index is 829. The van der Waals surface area contributed by atoms with Gasteiger partial charge < -0.3 is 5.32 Å². The van der Waals surface area contributed by atoms with Crippen LogP contribution < -0.4 is 5.32 Å². The summed E-state index contributed by atoms with van der Waals surface area (Å²) in [7, 11) is -3.44. The molecule has 0 aliphatic heterocycles. The highest BCUT2D eigenvalue weighted by Crippen LogP contribution is 2.17. The van der Waals surface area contributed by atoms with E-state index in [0.29, 0.717) is 25.9 Å². The van der Waals surface area contributed by atoms with Gasteiger partial charge in [0.2, 0.25) is 15.9 Å². The van der Waals surface area contributed by atoms with Gasteiger partial charge in [0.1, 0.15) is 0 Å². The molecule has 0 saturated heterocycles. The Hall–Kier alpha value is -2.18. The third-order valence-corrected chi connectivity index (χ3v) is 6.65. The zero-order valence-corrected chi connectivity index (χ0v) is 17.0. The van der Waals surface area contributed by atoms with Crippen LogP contribution in [-0.4, -0.2) is 31.7 Å². The normalized spacial score (nSPS) is 12.7. The van der Waals surface area contributed by atoms with Crippen LogP contribution in [0, 0.1) is 0 Å². The number of carbonyl (C=O) groups is 1. The first-order valence-electron chi connectivity index (χ1n) is 9.31. The van der Waals surface area contributed by atoms with Gasteiger partial charge in [0.25, 0.3) is 0 Å². The topological polar surface area (TPSA) is 66.5 Å². The zero-order valence-electron chi connectivity index (χ0n) is 16.2. The molecule has 0 aliphatic carbocycles. The second-order valence-electron chi connectivity index (χ2n) is 6.43. The lowest BCUT2D eigenvalue weighted by Gasteiger charge is -2.18. The number of amides is 1. The fourth-order valence-corrected chi connectivity index (χ4v) is 4.40. The van der Waals surface area contributed by atoms with Crippen molar-refractivity contribution in [1.82, 2.24) is 9.62 Å². The van der Waals surface area contributed by atoms with Crippen LogP contribution in [0.1, 0.15) is 44.4 Å². The average molecular weight is 389 g/mol. The van der Waals surface area contributed by atoms with Crippen LogP contribution in [0.5, 0.6) is 0 Å². The maximum absolute atomic E-state index is 12.5. The molecule has 1 atom stereocenters. The lowest BCUT2D eigenvalue weighted by atomic mass is 10.1. The number of nitrogens with zero attached hydrogens (tertiary/aromatic N) is 1. The predicted octanol–water partition coefficient (Wildman–Crippen LogP) is 3.53. The summed E-state index contributed by atoms with van der Waals surface area (Å²) in [5.74, 6) is -0.0220. The summed E-state index contributed by atoms with van der Waals surface area (Å²) in [4.78, 5) is 12.5. The Labute approximate surface area is 162 Å². The number of aryl methyl sites for hydroxylation is 1. The molecule has 0 heterocycles. The largest absolute Gasteiger partial charge is 0.350 e. The smallest absolute Gasteiger partial charge is 0.243 e. The summed E-state index contributed by atoms with van der Waals surface area (Å²) in [6.07, 6.45) is 0.929. The highest BCUT2D eigenvalue weighted by Gasteiger charge is 2.21. The summed E-state index contributed by atoms with van der Waals surface area (Å²) in [6.45, 7) is 6.50. The van der Waals surface area contributed by atoms with Crippen molar-refractivity contribution in [3.8, 4) is 0 Å². The van der Waals surface area contributed by atoms with Crippen LogP contribution in [-0.2, 0) is 21.2 Å². The number of benzene rings is 2. The second-order valence-corrected chi connectivity index (χ2v) is 8.37. The molecule has 1 N–H and O–H groups in total. The molecule has 1 amide bonds. The Morgan fingerprint density at radius 3 is 2.15 bits per heavy atom. The second kappa shape index (κ2) is 9.67. The Morgan fingerprint density at radius 1 is 1.00 bits per heavy atom. The maximum atomic E-state index is 12.5. The molecule has 0 spiro atoms. The Balaban J connectivity index is 1.92. The lowest BCUT2D eigenvalue weighted by Crippen LogP contribution is -2.30. The summed E-state index contributed by atoms with van der Waals surface area (Å²) in [5.41, 5.74) is 2.01. The molecule has 6 heteroatoms. The van der Waals surface area contributed by atoms with Gasteiger partial charge in [-0.25, -0.2) is 8.42 Å². The molecule has 0 aromatic heterocycles. The fourth-order valence-electron chi connectivity index (χ4n) is 2.94. The van der Waals surface area contributed by atoms with Crippen molar-refractivity contribution in [2.75, 3.05) is 13.1 Å². The van der Waals surface area contributed by atoms with Crippen LogP contribution in [0.3, 0.4) is 0 Å². The fraction of sp³-hybridized carbons (Fsp3) is 0.381. The first kappa shape index (κ1) is 21.1. The average Bonchev–Trinajstić information content (AvgIpc) is 2.68. The van der Waals surface area contributed by atoms with Crippen LogP contribution >= 0.6 is 0 Å². The SMILES string of the molecule is CCN(CC)S(=O)(=O)c1ccc(CCC(=O)N[C@@H](C)c2ccccc2)cc1. The van der Waals surface area contributed by atoms with Crippen molar-refractivity contribution in [3.05, 3.63) is 65.7 Å². The third kappa shape index (κ3) is 5.65. The van der Waals surface area contributed by atoms with Crippen molar-refractivity contribution in [3.63, 3.8) is 0 Å². The number of rotatable bonds is 9. The molecule has 2 rings (SSSR count). The Morgan fingerprint density at radius 2 is 1.59 bits per heavy atom. The minimum Gasteiger partial charge on any atom is -0.350 e. The molecule has 2 aromatic carbocycles. The first-order valence-corrected chi connectivity index (χ1v) is 10.8. The highest BCUT2D eigenvalue weighted by molar-refractivity contribution is 7.89. The molecule has 27 heavy (non-hydrogen) atoms.